The molecule has 2 aromatic carbocycles. The van der Waals surface area contributed by atoms with Crippen molar-refractivity contribution in [2.45, 2.75) is 97.4 Å². The second-order valence-electron chi connectivity index (χ2n) is 20.5. The highest BCUT2D eigenvalue weighted by Gasteiger charge is 2.58. The minimum Gasteiger partial charge on any atom is -0.479 e. The number of fused-ring (bicyclic) bond motifs is 2. The van der Waals surface area contributed by atoms with Crippen molar-refractivity contribution in [2.24, 2.45) is 16.2 Å². The summed E-state index contributed by atoms with van der Waals surface area (Å²) in [5, 5.41) is 38.4. The molecule has 444 valence electrons. The molecule has 30 nitrogen and oxygen atoms in total. The van der Waals surface area contributed by atoms with E-state index in [1.807, 2.05) is 0 Å². The maximum Gasteiger partial charge on any atom is 0.459 e. The highest BCUT2D eigenvalue weighted by molar-refractivity contribution is 7.52. The van der Waals surface area contributed by atoms with Crippen LogP contribution in [-0.4, -0.2) is 140 Å². The fourth-order valence-electron chi connectivity index (χ4n) is 9.11. The molecule has 12 unspecified atom stereocenters. The van der Waals surface area contributed by atoms with E-state index in [2.05, 4.69) is 52.2 Å². The first-order valence-electron chi connectivity index (χ1n) is 25.8. The number of esters is 2. The molecule has 2 saturated heterocycles. The van der Waals surface area contributed by atoms with Gasteiger partial charge in [-0.2, -0.15) is 40.6 Å². The summed E-state index contributed by atoms with van der Waals surface area (Å²) in [6.07, 6.45) is -5.09. The van der Waals surface area contributed by atoms with Gasteiger partial charge in [0.1, 0.15) is 58.8 Å². The lowest BCUT2D eigenvalue weighted by Crippen LogP contribution is -2.43. The molecule has 7 N–H and O–H groups in total. The molecule has 8 rings (SSSR count). The number of methoxy groups -OCH3 is 2. The van der Waals surface area contributed by atoms with E-state index >= 15 is 0 Å². The first-order valence-corrected chi connectivity index (χ1v) is 28.9. The Kier molecular flexibility index (Phi) is 18.6. The molecule has 4 aromatic heterocycles. The van der Waals surface area contributed by atoms with Crippen molar-refractivity contribution in [2.75, 3.05) is 58.7 Å². The average molecular weight is 1190 g/mol. The highest BCUT2D eigenvalue weighted by atomic mass is 31.2. The normalized spacial score (nSPS) is 24.6. The SMILES string of the molecule is CCOC(=O)C(C)NP(=O)(OCC1OC(n2cnc3c(OC)nc(N)nc32)C(C)(C#N)C1OCC(C)(C)COC(=O)C(C)NP(=O)(OCC1OC(n2cnc3c(OC)nc(N)nc32)C(C)(C#N)C1O)Oc1ccccc1)Oc1ccccc1. The monoisotopic (exact) mass is 1190 g/mol. The number of anilines is 2. The molecule has 83 heavy (non-hydrogen) atoms. The van der Waals surface area contributed by atoms with E-state index in [0.717, 1.165) is 0 Å². The molecule has 2 aliphatic rings. The Hall–Kier alpha value is -7.60. The molecule has 0 amide bonds. The minimum atomic E-state index is -4.60. The number of nitrogens with one attached hydrogen (secondary N) is 2. The molecule has 6 heterocycles. The predicted octanol–water partition coefficient (Wildman–Crippen LogP) is 4.94. The number of aromatic nitrogens is 8. The van der Waals surface area contributed by atoms with Crippen molar-refractivity contribution in [3.8, 4) is 35.4 Å². The number of nitriles is 2. The maximum atomic E-state index is 14.7. The van der Waals surface area contributed by atoms with Gasteiger partial charge in [0.15, 0.2) is 34.8 Å². The van der Waals surface area contributed by atoms with Gasteiger partial charge in [-0.25, -0.2) is 19.1 Å². The van der Waals surface area contributed by atoms with Gasteiger partial charge in [-0.15, -0.1) is 0 Å². The zero-order chi connectivity index (χ0) is 60.1. The lowest BCUT2D eigenvalue weighted by atomic mass is 9.83. The van der Waals surface area contributed by atoms with E-state index in [1.165, 1.54) is 81.0 Å². The van der Waals surface area contributed by atoms with Crippen LogP contribution in [0.5, 0.6) is 23.3 Å². The van der Waals surface area contributed by atoms with Crippen LogP contribution in [0.3, 0.4) is 0 Å². The fraction of sp³-hybridized carbons (Fsp3) is 0.490. The van der Waals surface area contributed by atoms with E-state index in [1.54, 1.807) is 64.1 Å². The van der Waals surface area contributed by atoms with Gasteiger partial charge < -0.3 is 58.8 Å². The summed E-state index contributed by atoms with van der Waals surface area (Å²) in [4.78, 5) is 52.2. The Bertz CT molecular complexity index is 3480. The fourth-order valence-corrected chi connectivity index (χ4v) is 12.1. The zero-order valence-corrected chi connectivity index (χ0v) is 48.5. The van der Waals surface area contributed by atoms with Crippen LogP contribution in [0.4, 0.5) is 11.9 Å². The molecule has 0 bridgehead atoms. The summed E-state index contributed by atoms with van der Waals surface area (Å²) in [6.45, 7) is 9.19. The highest BCUT2D eigenvalue weighted by Crippen LogP contribution is 2.53. The number of benzene rings is 2. The molecule has 12 atom stereocenters. The number of carbonyl (C=O) groups excluding carboxylic acids is 2. The molecule has 0 radical (unpaired) electrons. The lowest BCUT2D eigenvalue weighted by molar-refractivity contribution is -0.151. The Labute approximate surface area is 476 Å². The number of ether oxygens (including phenoxy) is 7. The van der Waals surface area contributed by atoms with Crippen LogP contribution in [-0.2, 0) is 51.5 Å². The van der Waals surface area contributed by atoms with Gasteiger partial charge in [0.2, 0.25) is 23.7 Å². The lowest BCUT2D eigenvalue weighted by Gasteiger charge is -2.33. The molecule has 32 heteroatoms. The summed E-state index contributed by atoms with van der Waals surface area (Å²) in [7, 11) is -6.34. The number of nitrogen functional groups attached to an aromatic ring is 2. The van der Waals surface area contributed by atoms with Crippen molar-refractivity contribution in [1.29, 1.82) is 10.5 Å². The van der Waals surface area contributed by atoms with E-state index in [4.69, 9.17) is 62.7 Å². The number of nitrogens with zero attached hydrogens (tertiary/aromatic N) is 10. The van der Waals surface area contributed by atoms with Gasteiger partial charge in [0.05, 0.1) is 72.0 Å². The predicted molar refractivity (Wildman–Crippen MR) is 291 cm³/mol. The number of imidazole rings is 2. The molecule has 0 saturated carbocycles. The van der Waals surface area contributed by atoms with Crippen molar-refractivity contribution in [3.63, 3.8) is 0 Å². The summed E-state index contributed by atoms with van der Waals surface area (Å²) >= 11 is 0. The minimum absolute atomic E-state index is 0.0461. The van der Waals surface area contributed by atoms with Gasteiger partial charge in [-0.3, -0.25) is 27.8 Å². The number of nitrogens with two attached hydrogens (primary N) is 2. The number of aliphatic hydroxyl groups excluding tert-OH is 1. The average Bonchev–Trinajstić information content (AvgIpc) is 2.96. The molecular weight excluding hydrogens is 1130 g/mol. The van der Waals surface area contributed by atoms with Crippen molar-refractivity contribution < 1.29 is 75.1 Å². The van der Waals surface area contributed by atoms with Crippen LogP contribution in [0.2, 0.25) is 0 Å². The van der Waals surface area contributed by atoms with Gasteiger partial charge in [-0.1, -0.05) is 50.2 Å². The van der Waals surface area contributed by atoms with Crippen molar-refractivity contribution in [1.82, 2.24) is 49.2 Å². The number of carbonyl (C=O) groups is 2. The first-order chi connectivity index (χ1) is 39.4. The van der Waals surface area contributed by atoms with Gasteiger partial charge >= 0.3 is 27.4 Å². The third-order valence-corrected chi connectivity index (χ3v) is 16.7. The molecular formula is C51H64N14O16P2. The van der Waals surface area contributed by atoms with Crippen LogP contribution in [0.25, 0.3) is 22.3 Å². The second-order valence-corrected chi connectivity index (χ2v) is 23.9. The Morgan fingerprint density at radius 1 is 0.735 bits per heavy atom. The zero-order valence-electron chi connectivity index (χ0n) is 46.7. The number of hydrogen-bond donors (Lipinski definition) is 5. The maximum absolute atomic E-state index is 14.7. The van der Waals surface area contributed by atoms with E-state index in [-0.39, 0.29) is 77.3 Å². The summed E-state index contributed by atoms with van der Waals surface area (Å²) in [5.41, 5.74) is 8.36. The number of rotatable bonds is 26. The Balaban J connectivity index is 0.988. The third-order valence-electron chi connectivity index (χ3n) is 13.4. The molecule has 2 aliphatic heterocycles. The number of para-hydroxylation sites is 2. The molecule has 2 fully saturated rings. The van der Waals surface area contributed by atoms with E-state index < -0.39 is 106 Å². The molecule has 0 aliphatic carbocycles. The van der Waals surface area contributed by atoms with E-state index in [0.29, 0.717) is 0 Å². The van der Waals surface area contributed by atoms with Gasteiger partial charge in [0.25, 0.3) is 0 Å². The standard InChI is InChI=1S/C51H64N14O16P2/c1-10-73-43(67)29(2)62-83(70,81-32-19-15-12-16-20-32)77-22-34-38(51(7,24-53)46(79-34)65-28-57-36-40(65)59-48(55)61-42(36)72-9)74-25-49(4,5)26-75-44(68)30(3)63-82(69,80-31-17-13-11-14-18-31)76-21-33-37(66)50(6,23-52)45(78-33)64-27-56-35-39(64)58-47(54)60-41(35)71-8/h11-20,27-30,33-34,37-38,45-46,66H,10,21-22,25-26H2,1-9H3,(H,62,70)(H,63,69)(H2,54,58,60)(H2,55,59,61). The smallest absolute Gasteiger partial charge is 0.459 e. The van der Waals surface area contributed by atoms with Crippen LogP contribution < -0.4 is 40.2 Å². The van der Waals surface area contributed by atoms with E-state index in [9.17, 15) is 34.3 Å². The van der Waals surface area contributed by atoms with Crippen molar-refractivity contribution in [3.05, 3.63) is 73.3 Å². The van der Waals surface area contributed by atoms with Crippen LogP contribution in [0.15, 0.2) is 73.3 Å². The van der Waals surface area contributed by atoms with Gasteiger partial charge in [-0.05, 0) is 58.9 Å². The Morgan fingerprint density at radius 3 is 1.64 bits per heavy atom. The Morgan fingerprint density at radius 2 is 1.18 bits per heavy atom. The van der Waals surface area contributed by atoms with Crippen LogP contribution in [0, 0.1) is 38.9 Å². The van der Waals surface area contributed by atoms with Crippen molar-refractivity contribution >= 4 is 61.7 Å². The van der Waals surface area contributed by atoms with Gasteiger partial charge in [0, 0.05) is 5.41 Å². The molecule has 0 spiro atoms. The van der Waals surface area contributed by atoms with Crippen LogP contribution >= 0.6 is 15.5 Å². The largest absolute Gasteiger partial charge is 0.479 e. The topological polar surface area (TPSA) is 401 Å². The summed E-state index contributed by atoms with van der Waals surface area (Å²) in [6, 6.07) is 17.9. The second kappa shape index (κ2) is 25.1. The third kappa shape index (κ3) is 13.3. The number of hydrogen-bond acceptors (Lipinski definition) is 26. The van der Waals surface area contributed by atoms with Crippen LogP contribution in [0.1, 0.15) is 60.9 Å². The first kappa shape index (κ1) is 61.5. The quantitative estimate of drug-likeness (QED) is 0.0354. The summed E-state index contributed by atoms with van der Waals surface area (Å²) in [5.74, 6) is -1.61. The molecule has 6 aromatic rings. The summed E-state index contributed by atoms with van der Waals surface area (Å²) < 4.78 is 97.0. The number of aliphatic hydroxyl groups is 1.